The van der Waals surface area contributed by atoms with Crippen LogP contribution in [0, 0.1) is 23.1 Å². The summed E-state index contributed by atoms with van der Waals surface area (Å²) in [7, 11) is 0. The van der Waals surface area contributed by atoms with Gasteiger partial charge in [0, 0.05) is 24.1 Å². The van der Waals surface area contributed by atoms with E-state index in [1.165, 1.54) is 18.2 Å². The lowest BCUT2D eigenvalue weighted by Gasteiger charge is -2.29. The lowest BCUT2D eigenvalue weighted by atomic mass is 9.79. The molecule has 0 saturated heterocycles. The molecule has 0 bridgehead atoms. The number of nitrogens with zero attached hydrogens (tertiary/aromatic N) is 1. The van der Waals surface area contributed by atoms with Crippen molar-refractivity contribution in [2.24, 2.45) is 5.92 Å². The van der Waals surface area contributed by atoms with Crippen molar-refractivity contribution in [3.8, 4) is 6.07 Å². The van der Waals surface area contributed by atoms with Gasteiger partial charge < -0.3 is 10.6 Å². The lowest BCUT2D eigenvalue weighted by Crippen LogP contribution is -2.44. The van der Waals surface area contributed by atoms with Crippen molar-refractivity contribution in [3.63, 3.8) is 0 Å². The van der Waals surface area contributed by atoms with Gasteiger partial charge in [0.1, 0.15) is 23.3 Å². The van der Waals surface area contributed by atoms with Crippen LogP contribution in [0.3, 0.4) is 0 Å². The first-order chi connectivity index (χ1) is 15.1. The minimum absolute atomic E-state index is 0.000264. The molecule has 1 fully saturated rings. The summed E-state index contributed by atoms with van der Waals surface area (Å²) in [4.78, 5) is 37.5. The molecule has 0 aliphatic heterocycles. The average molecular weight is 447 g/mol. The smallest absolute Gasteiger partial charge is 0.330 e. The van der Waals surface area contributed by atoms with Gasteiger partial charge in [-0.3, -0.25) is 9.59 Å². The molecule has 10 heteroatoms. The predicted octanol–water partition coefficient (Wildman–Crippen LogP) is 4.52. The molecule has 166 valence electrons. The highest BCUT2D eigenvalue weighted by Crippen LogP contribution is 2.33. The van der Waals surface area contributed by atoms with Crippen LogP contribution in [-0.4, -0.2) is 17.6 Å². The minimum Gasteiger partial charge on any atom is -0.330 e. The van der Waals surface area contributed by atoms with Crippen LogP contribution in [0.1, 0.15) is 42.0 Å². The number of benzene rings is 2. The highest BCUT2D eigenvalue weighted by Gasteiger charge is 2.39. The topological polar surface area (TPSA) is 99.1 Å². The van der Waals surface area contributed by atoms with Gasteiger partial charge in [0.05, 0.1) is 23.2 Å². The zero-order valence-electron chi connectivity index (χ0n) is 16.5. The number of hydrogen-bond acceptors (Lipinski definition) is 4. The second-order valence-electron chi connectivity index (χ2n) is 7.27. The zero-order chi connectivity index (χ0) is 23.5. The largest absolute Gasteiger partial charge is 0.416 e. The number of ketones is 2. The number of urea groups is 1. The van der Waals surface area contributed by atoms with Gasteiger partial charge in [0.25, 0.3) is 0 Å². The van der Waals surface area contributed by atoms with Crippen molar-refractivity contribution in [1.29, 1.82) is 5.26 Å². The van der Waals surface area contributed by atoms with E-state index in [1.807, 2.05) is 0 Å². The molecule has 1 saturated carbocycles. The first-order valence-corrected chi connectivity index (χ1v) is 9.60. The van der Waals surface area contributed by atoms with Gasteiger partial charge in [0.2, 0.25) is 0 Å². The van der Waals surface area contributed by atoms with Crippen LogP contribution in [0.2, 0.25) is 0 Å². The van der Waals surface area contributed by atoms with Crippen LogP contribution in [0.4, 0.5) is 28.0 Å². The van der Waals surface area contributed by atoms with Crippen LogP contribution in [0.5, 0.6) is 0 Å². The molecule has 1 aliphatic rings. The van der Waals surface area contributed by atoms with Crippen molar-refractivity contribution in [2.45, 2.75) is 31.5 Å². The van der Waals surface area contributed by atoms with Crippen LogP contribution in [0.15, 0.2) is 42.5 Å². The van der Waals surface area contributed by atoms with E-state index >= 15 is 0 Å². The van der Waals surface area contributed by atoms with Crippen molar-refractivity contribution < 1.29 is 31.9 Å². The van der Waals surface area contributed by atoms with Crippen LogP contribution >= 0.6 is 0 Å². The molecule has 32 heavy (non-hydrogen) atoms. The molecule has 6 nitrogen and oxygen atoms in total. The Labute approximate surface area is 180 Å². The second-order valence-corrected chi connectivity index (χ2v) is 7.27. The van der Waals surface area contributed by atoms with E-state index in [4.69, 9.17) is 5.26 Å². The predicted molar refractivity (Wildman–Crippen MR) is 105 cm³/mol. The van der Waals surface area contributed by atoms with E-state index in [2.05, 4.69) is 10.6 Å². The molecule has 0 heterocycles. The van der Waals surface area contributed by atoms with Crippen LogP contribution < -0.4 is 10.6 Å². The standard InChI is InChI=1S/C22H17F4N3O3/c23-16-9-12(11-27)7-8-15(16)20(19-17(30)5-2-6-18(19)31)29-21(32)28-14-4-1-3-13(10-14)22(24,25)26/h1,3-4,7-10,19-20H,2,5-6H2,(H2,28,29,32). The van der Waals surface area contributed by atoms with E-state index in [0.717, 1.165) is 18.2 Å². The lowest BCUT2D eigenvalue weighted by molar-refractivity contribution is -0.138. The number of hydrogen-bond donors (Lipinski definition) is 2. The quantitative estimate of drug-likeness (QED) is 0.532. The van der Waals surface area contributed by atoms with Gasteiger partial charge in [-0.2, -0.15) is 18.4 Å². The number of nitriles is 1. The van der Waals surface area contributed by atoms with Gasteiger partial charge in [0.15, 0.2) is 0 Å². The normalized spacial score (nSPS) is 15.7. The van der Waals surface area contributed by atoms with Gasteiger partial charge in [-0.05, 0) is 36.8 Å². The summed E-state index contributed by atoms with van der Waals surface area (Å²) in [6.45, 7) is 0. The molecule has 2 aromatic carbocycles. The van der Waals surface area contributed by atoms with E-state index in [-0.39, 0.29) is 29.7 Å². The molecule has 1 atom stereocenters. The van der Waals surface area contributed by atoms with E-state index in [0.29, 0.717) is 12.5 Å². The maximum atomic E-state index is 14.7. The third-order valence-corrected chi connectivity index (χ3v) is 5.07. The van der Waals surface area contributed by atoms with Crippen molar-refractivity contribution in [2.75, 3.05) is 5.32 Å². The number of carbonyl (C=O) groups excluding carboxylic acids is 3. The number of rotatable bonds is 4. The number of carbonyl (C=O) groups is 3. The van der Waals surface area contributed by atoms with Crippen molar-refractivity contribution >= 4 is 23.3 Å². The number of alkyl halides is 3. The number of Topliss-reactive ketones (excluding diaryl/α,β-unsaturated/α-hetero) is 2. The molecule has 1 unspecified atom stereocenters. The first-order valence-electron chi connectivity index (χ1n) is 9.60. The second kappa shape index (κ2) is 9.18. The fourth-order valence-corrected chi connectivity index (χ4v) is 3.57. The Morgan fingerprint density at radius 1 is 1.09 bits per heavy atom. The number of amides is 2. The Kier molecular flexibility index (Phi) is 6.58. The van der Waals surface area contributed by atoms with Crippen molar-refractivity contribution in [1.82, 2.24) is 5.32 Å². The van der Waals surface area contributed by atoms with Gasteiger partial charge in [-0.25, -0.2) is 9.18 Å². The fraction of sp³-hybridized carbons (Fsp3) is 0.273. The molecule has 2 N–H and O–H groups in total. The Morgan fingerprint density at radius 2 is 1.78 bits per heavy atom. The Hall–Kier alpha value is -3.74. The van der Waals surface area contributed by atoms with E-state index < -0.39 is 47.1 Å². The summed E-state index contributed by atoms with van der Waals surface area (Å²) in [6, 6.07) is 6.59. The molecular weight excluding hydrogens is 430 g/mol. The molecule has 2 amide bonds. The van der Waals surface area contributed by atoms with Crippen molar-refractivity contribution in [3.05, 3.63) is 65.0 Å². The maximum Gasteiger partial charge on any atom is 0.416 e. The Morgan fingerprint density at radius 3 is 2.38 bits per heavy atom. The SMILES string of the molecule is N#Cc1ccc(C(NC(=O)Nc2cccc(C(F)(F)F)c2)C2C(=O)CCCC2=O)c(F)c1. The van der Waals surface area contributed by atoms with E-state index in [1.54, 1.807) is 6.07 Å². The zero-order valence-corrected chi connectivity index (χ0v) is 16.5. The summed E-state index contributed by atoms with van der Waals surface area (Å²) in [6.07, 6.45) is -4.14. The highest BCUT2D eigenvalue weighted by atomic mass is 19.4. The Bertz CT molecular complexity index is 1090. The van der Waals surface area contributed by atoms with E-state index in [9.17, 15) is 31.9 Å². The molecule has 0 spiro atoms. The Balaban J connectivity index is 1.91. The minimum atomic E-state index is -4.62. The summed E-state index contributed by atoms with van der Waals surface area (Å²) >= 11 is 0. The van der Waals surface area contributed by atoms with Gasteiger partial charge in [-0.15, -0.1) is 0 Å². The average Bonchev–Trinajstić information content (AvgIpc) is 2.72. The summed E-state index contributed by atoms with van der Waals surface area (Å²) in [5.41, 5.74) is -1.35. The van der Waals surface area contributed by atoms with Crippen LogP contribution in [-0.2, 0) is 15.8 Å². The summed E-state index contributed by atoms with van der Waals surface area (Å²) in [5, 5.41) is 13.5. The monoisotopic (exact) mass is 447 g/mol. The summed E-state index contributed by atoms with van der Waals surface area (Å²) in [5.74, 6) is -3.21. The van der Waals surface area contributed by atoms with Crippen LogP contribution in [0.25, 0.3) is 0 Å². The molecule has 0 radical (unpaired) electrons. The first kappa shape index (κ1) is 22.9. The highest BCUT2D eigenvalue weighted by molar-refractivity contribution is 6.05. The molecule has 2 aromatic rings. The third kappa shape index (κ3) is 5.11. The molecule has 3 rings (SSSR count). The van der Waals surface area contributed by atoms with Gasteiger partial charge in [-0.1, -0.05) is 12.1 Å². The summed E-state index contributed by atoms with van der Waals surface area (Å²) < 4.78 is 53.4. The van der Waals surface area contributed by atoms with Gasteiger partial charge >= 0.3 is 12.2 Å². The third-order valence-electron chi connectivity index (χ3n) is 5.07. The molecular formula is C22H17F4N3O3. The fourth-order valence-electron chi connectivity index (χ4n) is 3.57. The number of nitrogens with one attached hydrogen (secondary N) is 2. The molecule has 1 aliphatic carbocycles. The maximum absolute atomic E-state index is 14.7. The molecule has 0 aromatic heterocycles. The number of anilines is 1. The number of halogens is 4.